The van der Waals surface area contributed by atoms with E-state index in [0.717, 1.165) is 12.8 Å². The number of Topliss-reactive ketones (excluding diaryl/α,β-unsaturated/α-hetero) is 1. The van der Waals surface area contributed by atoms with E-state index in [1.54, 1.807) is 0 Å². The largest absolute Gasteiger partial charge is 0.389 e. The van der Waals surface area contributed by atoms with Gasteiger partial charge in [-0.15, -0.1) is 0 Å². The average Bonchev–Trinajstić information content (AvgIpc) is 3.38. The van der Waals surface area contributed by atoms with Gasteiger partial charge in [0.15, 0.2) is 22.8 Å². The number of aromatic nitrogens is 4. The van der Waals surface area contributed by atoms with Gasteiger partial charge in [-0.2, -0.15) is 9.97 Å². The molecule has 0 amide bonds. The van der Waals surface area contributed by atoms with Crippen LogP contribution in [0.15, 0.2) is 18.5 Å². The summed E-state index contributed by atoms with van der Waals surface area (Å²) in [6.45, 7) is -0.456. The number of imidazole rings is 1. The van der Waals surface area contributed by atoms with E-state index in [1.807, 2.05) is 12.2 Å². The summed E-state index contributed by atoms with van der Waals surface area (Å²) >= 11 is 6.08. The third kappa shape index (κ3) is 4.51. The lowest BCUT2D eigenvalue weighted by Crippen LogP contribution is -2.31. The van der Waals surface area contributed by atoms with Crippen molar-refractivity contribution in [1.82, 2.24) is 19.5 Å². The molecule has 0 bridgehead atoms. The molecule has 0 unspecified atom stereocenters. The smallest absolute Gasteiger partial charge is 0.350 e. The van der Waals surface area contributed by atoms with Gasteiger partial charge in [0.2, 0.25) is 5.28 Å². The van der Waals surface area contributed by atoms with E-state index in [9.17, 15) is 19.6 Å². The van der Waals surface area contributed by atoms with E-state index in [1.165, 1.54) is 10.9 Å². The maximum atomic E-state index is 12.9. The average molecular weight is 474 g/mol. The summed E-state index contributed by atoms with van der Waals surface area (Å²) in [5.41, 5.74) is 0.557. The summed E-state index contributed by atoms with van der Waals surface area (Å²) in [4.78, 5) is 43.3. The number of carbonyl (C=O) groups is 1. The standard InChI is InChI=1S/C17H21ClN5O7P/c18-17-21-15(20-8-3-1-2-4-8)10-16(22-17)23(6-19-10)11-12(24)9(13(25)14(11)26)5-30-7-31(27,28)29/h1-2,6,8-9,11,13-14,25-26H,3-5,7H2,(H,20,21,22)(H2,27,28,29)/t9-,11-,13-,14+/m0/s1. The van der Waals surface area contributed by atoms with Crippen LogP contribution in [0.1, 0.15) is 18.9 Å². The van der Waals surface area contributed by atoms with Crippen LogP contribution in [-0.4, -0.2) is 76.5 Å². The van der Waals surface area contributed by atoms with E-state index in [4.69, 9.17) is 26.1 Å². The molecule has 1 fully saturated rings. The Hall–Kier alpha value is -1.92. The zero-order valence-electron chi connectivity index (χ0n) is 16.1. The topological polar surface area (TPSA) is 180 Å². The number of halogens is 1. The predicted octanol–water partition coefficient (Wildman–Crippen LogP) is 0.224. The van der Waals surface area contributed by atoms with Crippen molar-refractivity contribution in [2.75, 3.05) is 18.3 Å². The first-order chi connectivity index (χ1) is 14.7. The van der Waals surface area contributed by atoms with E-state index in [0.29, 0.717) is 11.3 Å². The second kappa shape index (κ2) is 8.55. The Bertz CT molecular complexity index is 1060. The van der Waals surface area contributed by atoms with Gasteiger partial charge in [-0.25, -0.2) is 4.98 Å². The van der Waals surface area contributed by atoms with Crippen LogP contribution in [0.2, 0.25) is 5.28 Å². The molecule has 0 spiro atoms. The molecule has 4 atom stereocenters. The first-order valence-electron chi connectivity index (χ1n) is 9.49. The van der Waals surface area contributed by atoms with Crippen molar-refractivity contribution < 1.29 is 34.1 Å². The molecular formula is C17H21ClN5O7P. The fourth-order valence-corrected chi connectivity index (χ4v) is 4.39. The molecule has 2 aliphatic rings. The molecule has 2 aliphatic carbocycles. The number of hydrogen-bond donors (Lipinski definition) is 5. The Morgan fingerprint density at radius 2 is 1.94 bits per heavy atom. The van der Waals surface area contributed by atoms with Gasteiger partial charge in [0.05, 0.1) is 25.0 Å². The molecule has 2 aromatic rings. The predicted molar refractivity (Wildman–Crippen MR) is 109 cm³/mol. The number of aliphatic hydroxyl groups is 2. The molecule has 2 heterocycles. The van der Waals surface area contributed by atoms with Crippen LogP contribution in [0.25, 0.3) is 11.2 Å². The van der Waals surface area contributed by atoms with Gasteiger partial charge >= 0.3 is 7.60 Å². The normalized spacial score (nSPS) is 26.9. The van der Waals surface area contributed by atoms with Gasteiger partial charge in [0, 0.05) is 6.04 Å². The van der Waals surface area contributed by atoms with Crippen LogP contribution in [0.4, 0.5) is 5.82 Å². The Kier molecular flexibility index (Phi) is 6.14. The van der Waals surface area contributed by atoms with Gasteiger partial charge in [0.1, 0.15) is 18.5 Å². The molecule has 14 heteroatoms. The zero-order chi connectivity index (χ0) is 22.3. The van der Waals surface area contributed by atoms with Crippen molar-refractivity contribution in [3.05, 3.63) is 23.8 Å². The minimum atomic E-state index is -4.43. The summed E-state index contributed by atoms with van der Waals surface area (Å²) in [5.74, 6) is -1.36. The van der Waals surface area contributed by atoms with Crippen molar-refractivity contribution in [3.8, 4) is 0 Å². The van der Waals surface area contributed by atoms with Gasteiger partial charge < -0.3 is 34.6 Å². The van der Waals surface area contributed by atoms with Gasteiger partial charge in [-0.3, -0.25) is 9.36 Å². The Labute approximate surface area is 181 Å². The molecule has 5 N–H and O–H groups in total. The molecule has 0 radical (unpaired) electrons. The number of ether oxygens (including phenoxy) is 1. The number of anilines is 1. The van der Waals surface area contributed by atoms with Crippen molar-refractivity contribution in [2.24, 2.45) is 5.92 Å². The number of hydrogen-bond acceptors (Lipinski definition) is 9. The zero-order valence-corrected chi connectivity index (χ0v) is 17.7. The summed E-state index contributed by atoms with van der Waals surface area (Å²) < 4.78 is 17.2. The highest BCUT2D eigenvalue weighted by atomic mass is 35.5. The molecule has 12 nitrogen and oxygen atoms in total. The third-order valence-electron chi connectivity index (χ3n) is 5.34. The number of rotatable bonds is 7. The molecule has 0 aliphatic heterocycles. The summed E-state index contributed by atoms with van der Waals surface area (Å²) in [5, 5.41) is 24.0. The minimum Gasteiger partial charge on any atom is -0.389 e. The fraction of sp³-hybridized carbons (Fsp3) is 0.529. The molecular weight excluding hydrogens is 453 g/mol. The van der Waals surface area contributed by atoms with E-state index in [-0.39, 0.29) is 17.0 Å². The molecule has 2 aromatic heterocycles. The highest BCUT2D eigenvalue weighted by molar-refractivity contribution is 7.51. The molecule has 168 valence electrons. The summed E-state index contributed by atoms with van der Waals surface area (Å²) in [6, 6.07) is -1.11. The highest BCUT2D eigenvalue weighted by Crippen LogP contribution is 2.37. The highest BCUT2D eigenvalue weighted by Gasteiger charge is 2.50. The lowest BCUT2D eigenvalue weighted by Gasteiger charge is -2.17. The lowest BCUT2D eigenvalue weighted by molar-refractivity contribution is -0.126. The first kappa shape index (κ1) is 22.3. The van der Waals surface area contributed by atoms with Crippen molar-refractivity contribution in [3.63, 3.8) is 0 Å². The molecule has 31 heavy (non-hydrogen) atoms. The number of carbonyl (C=O) groups excluding carboxylic acids is 1. The van der Waals surface area contributed by atoms with Crippen LogP contribution < -0.4 is 5.32 Å². The lowest BCUT2D eigenvalue weighted by atomic mass is 10.1. The van der Waals surface area contributed by atoms with Crippen LogP contribution in [-0.2, 0) is 14.1 Å². The van der Waals surface area contributed by atoms with Crippen LogP contribution >= 0.6 is 19.2 Å². The number of fused-ring (bicyclic) bond motifs is 1. The van der Waals surface area contributed by atoms with E-state index >= 15 is 0 Å². The number of nitrogens with zero attached hydrogens (tertiary/aromatic N) is 4. The third-order valence-corrected chi connectivity index (χ3v) is 6.03. The van der Waals surface area contributed by atoms with Gasteiger partial charge in [-0.05, 0) is 24.4 Å². The summed E-state index contributed by atoms with van der Waals surface area (Å²) in [6.07, 6.45) is 3.12. The second-order valence-corrected chi connectivity index (χ2v) is 9.47. The Balaban J connectivity index is 1.61. The number of aliphatic hydroxyl groups excluding tert-OH is 2. The number of nitrogens with one attached hydrogen (secondary N) is 1. The SMILES string of the molecule is O=C1[C@H](COCP(=O)(O)O)[C@H](O)[C@H](O)[C@H]1n1cnc2c(NC3CC=CC3)nc(Cl)nc21. The van der Waals surface area contributed by atoms with Crippen molar-refractivity contribution in [2.45, 2.75) is 37.1 Å². The molecule has 0 saturated heterocycles. The molecule has 4 rings (SSSR count). The van der Waals surface area contributed by atoms with Crippen LogP contribution in [0.5, 0.6) is 0 Å². The van der Waals surface area contributed by atoms with Crippen molar-refractivity contribution in [1.29, 1.82) is 0 Å². The molecule has 0 aromatic carbocycles. The summed E-state index contributed by atoms with van der Waals surface area (Å²) in [7, 11) is -4.43. The Morgan fingerprint density at radius 3 is 2.61 bits per heavy atom. The first-order valence-corrected chi connectivity index (χ1v) is 11.7. The van der Waals surface area contributed by atoms with E-state index < -0.39 is 50.5 Å². The van der Waals surface area contributed by atoms with Crippen LogP contribution in [0.3, 0.4) is 0 Å². The maximum absolute atomic E-state index is 12.9. The number of ketones is 1. The van der Waals surface area contributed by atoms with E-state index in [2.05, 4.69) is 20.3 Å². The van der Waals surface area contributed by atoms with Gasteiger partial charge in [0.25, 0.3) is 0 Å². The quantitative estimate of drug-likeness (QED) is 0.211. The Morgan fingerprint density at radius 1 is 1.23 bits per heavy atom. The fourth-order valence-electron chi connectivity index (χ4n) is 3.88. The minimum absolute atomic E-state index is 0.0790. The van der Waals surface area contributed by atoms with Gasteiger partial charge in [-0.1, -0.05) is 12.2 Å². The monoisotopic (exact) mass is 473 g/mol. The van der Waals surface area contributed by atoms with Crippen LogP contribution in [0, 0.1) is 5.92 Å². The second-order valence-electron chi connectivity index (χ2n) is 7.55. The molecule has 1 saturated carbocycles. The maximum Gasteiger partial charge on any atom is 0.350 e. The van der Waals surface area contributed by atoms with Crippen molar-refractivity contribution >= 4 is 42.0 Å².